The van der Waals surface area contributed by atoms with Gasteiger partial charge in [0.1, 0.15) is 5.78 Å². The lowest BCUT2D eigenvalue weighted by Crippen LogP contribution is -2.37. The van der Waals surface area contributed by atoms with Crippen molar-refractivity contribution < 1.29 is 4.79 Å². The Hall–Kier alpha value is -1.15. The van der Waals surface area contributed by atoms with Crippen molar-refractivity contribution in [1.29, 1.82) is 0 Å². The number of aryl methyl sites for hydroxylation is 2. The zero-order valence-corrected chi connectivity index (χ0v) is 12.7. The summed E-state index contributed by atoms with van der Waals surface area (Å²) >= 11 is 0. The summed E-state index contributed by atoms with van der Waals surface area (Å²) in [4.78, 5) is 14.6. The van der Waals surface area contributed by atoms with Crippen molar-refractivity contribution in [2.24, 2.45) is 5.92 Å². The lowest BCUT2D eigenvalue weighted by Gasteiger charge is -2.28. The topological polar surface area (TPSA) is 20.3 Å². The number of nitrogens with zero attached hydrogens (tertiary/aromatic N) is 1. The van der Waals surface area contributed by atoms with Gasteiger partial charge in [-0.05, 0) is 51.6 Å². The Labute approximate surface area is 122 Å². The van der Waals surface area contributed by atoms with Crippen molar-refractivity contribution in [3.05, 3.63) is 34.9 Å². The van der Waals surface area contributed by atoms with Gasteiger partial charge in [0.15, 0.2) is 0 Å². The van der Waals surface area contributed by atoms with E-state index >= 15 is 0 Å². The van der Waals surface area contributed by atoms with Crippen LogP contribution in [0.1, 0.15) is 48.8 Å². The first-order valence-electron chi connectivity index (χ1n) is 7.97. The normalized spacial score (nSPS) is 27.4. The van der Waals surface area contributed by atoms with Gasteiger partial charge in [0.25, 0.3) is 0 Å². The van der Waals surface area contributed by atoms with E-state index in [2.05, 4.69) is 36.9 Å². The molecule has 2 atom stereocenters. The predicted molar refractivity (Wildman–Crippen MR) is 81.7 cm³/mol. The fraction of sp³-hybridized carbons (Fsp3) is 0.611. The van der Waals surface area contributed by atoms with Crippen molar-refractivity contribution in [3.63, 3.8) is 0 Å². The first-order valence-corrected chi connectivity index (χ1v) is 7.97. The third kappa shape index (κ3) is 2.80. The summed E-state index contributed by atoms with van der Waals surface area (Å²) in [7, 11) is 0. The van der Waals surface area contributed by atoms with Gasteiger partial charge in [0.2, 0.25) is 0 Å². The largest absolute Gasteiger partial charge is 0.299 e. The number of likely N-dealkylation sites (tertiary alicyclic amines) is 1. The van der Waals surface area contributed by atoms with Crippen LogP contribution in [0.2, 0.25) is 0 Å². The third-order valence-electron chi connectivity index (χ3n) is 4.90. The van der Waals surface area contributed by atoms with Crippen molar-refractivity contribution in [2.45, 2.75) is 58.5 Å². The Morgan fingerprint density at radius 3 is 2.50 bits per heavy atom. The first-order chi connectivity index (χ1) is 9.63. The fourth-order valence-electron chi connectivity index (χ4n) is 4.15. The molecule has 0 N–H and O–H groups in total. The van der Waals surface area contributed by atoms with Gasteiger partial charge in [-0.1, -0.05) is 29.3 Å². The molecule has 1 heterocycles. The molecular formula is C18H25NO. The number of Topliss-reactive ketones (excluding diaryl/α,β-unsaturated/α-hetero) is 1. The van der Waals surface area contributed by atoms with Gasteiger partial charge in [-0.15, -0.1) is 0 Å². The number of hydrogen-bond donors (Lipinski definition) is 0. The summed E-state index contributed by atoms with van der Waals surface area (Å²) in [5, 5.41) is 0. The van der Waals surface area contributed by atoms with E-state index in [0.29, 0.717) is 17.7 Å². The maximum atomic E-state index is 12.0. The smallest absolute Gasteiger partial charge is 0.137 e. The van der Waals surface area contributed by atoms with E-state index in [-0.39, 0.29) is 0 Å². The van der Waals surface area contributed by atoms with E-state index in [1.165, 1.54) is 29.5 Å². The maximum absolute atomic E-state index is 12.0. The van der Waals surface area contributed by atoms with Gasteiger partial charge in [-0.3, -0.25) is 9.69 Å². The zero-order chi connectivity index (χ0) is 14.1. The van der Waals surface area contributed by atoms with Gasteiger partial charge in [-0.2, -0.15) is 0 Å². The maximum Gasteiger partial charge on any atom is 0.137 e. The van der Waals surface area contributed by atoms with Crippen LogP contribution in [-0.4, -0.2) is 23.3 Å². The molecule has 1 aromatic rings. The highest BCUT2D eigenvalue weighted by atomic mass is 16.1. The minimum absolute atomic E-state index is 0.323. The Morgan fingerprint density at radius 1 is 1.10 bits per heavy atom. The van der Waals surface area contributed by atoms with Crippen LogP contribution in [0.3, 0.4) is 0 Å². The van der Waals surface area contributed by atoms with Crippen LogP contribution < -0.4 is 0 Å². The van der Waals surface area contributed by atoms with Crippen molar-refractivity contribution >= 4 is 5.78 Å². The van der Waals surface area contributed by atoms with E-state index in [4.69, 9.17) is 0 Å². The molecule has 1 aromatic carbocycles. The number of carbonyl (C=O) groups excluding carboxylic acids is 1. The summed E-state index contributed by atoms with van der Waals surface area (Å²) in [6, 6.07) is 7.31. The summed E-state index contributed by atoms with van der Waals surface area (Å²) in [6.07, 6.45) is 5.50. The molecule has 2 heteroatoms. The third-order valence-corrected chi connectivity index (χ3v) is 4.90. The van der Waals surface area contributed by atoms with Crippen LogP contribution in [0, 0.1) is 19.8 Å². The first kappa shape index (κ1) is 13.8. The van der Waals surface area contributed by atoms with Crippen LogP contribution in [0.15, 0.2) is 18.2 Å². The summed E-state index contributed by atoms with van der Waals surface area (Å²) < 4.78 is 0. The highest BCUT2D eigenvalue weighted by molar-refractivity contribution is 5.83. The average molecular weight is 271 g/mol. The minimum Gasteiger partial charge on any atom is -0.299 e. The molecule has 1 saturated heterocycles. The van der Waals surface area contributed by atoms with Crippen LogP contribution >= 0.6 is 0 Å². The molecule has 1 aliphatic heterocycles. The van der Waals surface area contributed by atoms with E-state index in [1.807, 2.05) is 0 Å². The molecule has 0 aromatic heterocycles. The molecule has 2 aliphatic rings. The number of carbonyl (C=O) groups is 1. The Balaban J connectivity index is 1.74. The highest BCUT2D eigenvalue weighted by Crippen LogP contribution is 2.34. The lowest BCUT2D eigenvalue weighted by molar-refractivity contribution is -0.122. The molecule has 1 aliphatic carbocycles. The van der Waals surface area contributed by atoms with Gasteiger partial charge in [0, 0.05) is 24.9 Å². The Morgan fingerprint density at radius 2 is 1.85 bits per heavy atom. The predicted octanol–water partition coefficient (Wildman–Crippen LogP) is 3.64. The van der Waals surface area contributed by atoms with Gasteiger partial charge in [0.05, 0.1) is 0 Å². The number of rotatable bonds is 3. The zero-order valence-electron chi connectivity index (χ0n) is 12.7. The molecule has 3 rings (SSSR count). The van der Waals surface area contributed by atoms with E-state index < -0.39 is 0 Å². The van der Waals surface area contributed by atoms with E-state index in [9.17, 15) is 4.79 Å². The molecule has 108 valence electrons. The van der Waals surface area contributed by atoms with Gasteiger partial charge in [-0.25, -0.2) is 0 Å². The molecule has 20 heavy (non-hydrogen) atoms. The van der Waals surface area contributed by atoms with Gasteiger partial charge < -0.3 is 0 Å². The fourth-order valence-corrected chi connectivity index (χ4v) is 4.15. The second-order valence-electron chi connectivity index (χ2n) is 6.64. The molecule has 0 spiro atoms. The highest BCUT2D eigenvalue weighted by Gasteiger charge is 2.37. The van der Waals surface area contributed by atoms with Crippen LogP contribution in [0.4, 0.5) is 0 Å². The van der Waals surface area contributed by atoms with Crippen molar-refractivity contribution in [1.82, 2.24) is 4.90 Å². The monoisotopic (exact) mass is 271 g/mol. The number of hydrogen-bond acceptors (Lipinski definition) is 2. The average Bonchev–Trinajstić information content (AvgIpc) is 2.96. The Bertz CT molecular complexity index is 488. The molecule has 2 fully saturated rings. The van der Waals surface area contributed by atoms with Gasteiger partial charge >= 0.3 is 0 Å². The standard InChI is InChI=1S/C18H25NO/c1-13-9-14(2)11-15(10-13)12-19-8-4-6-17(19)16-5-3-7-18(16)20/h9-11,16-17H,3-8,12H2,1-2H3. The lowest BCUT2D eigenvalue weighted by atomic mass is 9.94. The molecule has 1 saturated carbocycles. The van der Waals surface area contributed by atoms with E-state index in [1.54, 1.807) is 0 Å². The minimum atomic E-state index is 0.323. The molecule has 0 amide bonds. The number of benzene rings is 1. The summed E-state index contributed by atoms with van der Waals surface area (Å²) in [6.45, 7) is 6.50. The van der Waals surface area contributed by atoms with Crippen LogP contribution in [0.25, 0.3) is 0 Å². The summed E-state index contributed by atoms with van der Waals surface area (Å²) in [5.41, 5.74) is 4.08. The van der Waals surface area contributed by atoms with Crippen molar-refractivity contribution in [3.8, 4) is 0 Å². The summed E-state index contributed by atoms with van der Waals surface area (Å²) in [5.74, 6) is 0.839. The molecule has 0 radical (unpaired) electrons. The SMILES string of the molecule is Cc1cc(C)cc(CN2CCCC2C2CCCC2=O)c1. The quantitative estimate of drug-likeness (QED) is 0.836. The Kier molecular flexibility index (Phi) is 3.93. The molecule has 2 unspecified atom stereocenters. The molecular weight excluding hydrogens is 246 g/mol. The second-order valence-corrected chi connectivity index (χ2v) is 6.64. The van der Waals surface area contributed by atoms with Crippen molar-refractivity contribution in [2.75, 3.05) is 6.54 Å². The molecule has 0 bridgehead atoms. The van der Waals surface area contributed by atoms with Crippen LogP contribution in [-0.2, 0) is 11.3 Å². The number of ketones is 1. The van der Waals surface area contributed by atoms with E-state index in [0.717, 1.165) is 32.4 Å². The molecule has 2 nitrogen and oxygen atoms in total. The van der Waals surface area contributed by atoms with Crippen LogP contribution in [0.5, 0.6) is 0 Å². The second kappa shape index (κ2) is 5.69.